The average molecular weight is 290 g/mol. The Kier molecular flexibility index (Phi) is 4.88. The Labute approximate surface area is 127 Å². The lowest BCUT2D eigenvalue weighted by Crippen LogP contribution is -2.50. The Morgan fingerprint density at radius 1 is 1.52 bits per heavy atom. The van der Waals surface area contributed by atoms with E-state index in [0.717, 1.165) is 31.5 Å². The Morgan fingerprint density at radius 2 is 2.29 bits per heavy atom. The highest BCUT2D eigenvalue weighted by Gasteiger charge is 2.38. The maximum atomic E-state index is 13.0. The Morgan fingerprint density at radius 3 is 2.86 bits per heavy atom. The maximum absolute atomic E-state index is 13.0. The van der Waals surface area contributed by atoms with E-state index in [-0.39, 0.29) is 23.1 Å². The highest BCUT2D eigenvalue weighted by molar-refractivity contribution is 5.83. The molecule has 0 spiro atoms. The zero-order valence-corrected chi connectivity index (χ0v) is 13.2. The zero-order valence-electron chi connectivity index (χ0n) is 13.2. The summed E-state index contributed by atoms with van der Waals surface area (Å²) in [7, 11) is 0. The van der Waals surface area contributed by atoms with Crippen LogP contribution < -0.4 is 5.32 Å². The first-order valence-electron chi connectivity index (χ1n) is 7.78. The highest BCUT2D eigenvalue weighted by Crippen LogP contribution is 2.32. The standard InChI is InChI=1S/C17H26N2O2/c1-4-19(13(2)14-7-5-8-15(20)11-14)16(21)17(3)9-6-10-18-12-17/h5,7-8,11,13,18,20H,4,6,9-10,12H2,1-3H3. The summed E-state index contributed by atoms with van der Waals surface area (Å²) in [5.74, 6) is 0.446. The van der Waals surface area contributed by atoms with Crippen molar-refractivity contribution in [2.24, 2.45) is 5.41 Å². The second kappa shape index (κ2) is 6.48. The molecule has 2 rings (SSSR count). The number of phenolic OH excluding ortho intramolecular Hbond substituents is 1. The van der Waals surface area contributed by atoms with Crippen LogP contribution in [0.4, 0.5) is 0 Å². The van der Waals surface area contributed by atoms with Crippen molar-refractivity contribution in [1.82, 2.24) is 10.2 Å². The number of nitrogens with zero attached hydrogens (tertiary/aromatic N) is 1. The van der Waals surface area contributed by atoms with Crippen molar-refractivity contribution >= 4 is 5.91 Å². The van der Waals surface area contributed by atoms with Crippen LogP contribution in [0.25, 0.3) is 0 Å². The van der Waals surface area contributed by atoms with Gasteiger partial charge in [0.15, 0.2) is 0 Å². The largest absolute Gasteiger partial charge is 0.508 e. The van der Waals surface area contributed by atoms with Crippen molar-refractivity contribution < 1.29 is 9.90 Å². The van der Waals surface area contributed by atoms with E-state index in [1.165, 1.54) is 0 Å². The number of aromatic hydroxyl groups is 1. The van der Waals surface area contributed by atoms with Crippen LogP contribution in [0.3, 0.4) is 0 Å². The number of amides is 1. The van der Waals surface area contributed by atoms with Gasteiger partial charge in [-0.15, -0.1) is 0 Å². The third-order valence-corrected chi connectivity index (χ3v) is 4.54. The van der Waals surface area contributed by atoms with E-state index in [1.54, 1.807) is 12.1 Å². The molecule has 0 aliphatic carbocycles. The minimum Gasteiger partial charge on any atom is -0.508 e. The van der Waals surface area contributed by atoms with Gasteiger partial charge in [-0.2, -0.15) is 0 Å². The monoisotopic (exact) mass is 290 g/mol. The first-order valence-corrected chi connectivity index (χ1v) is 7.78. The van der Waals surface area contributed by atoms with Crippen LogP contribution in [0.5, 0.6) is 5.75 Å². The number of hydrogen-bond acceptors (Lipinski definition) is 3. The fourth-order valence-electron chi connectivity index (χ4n) is 3.14. The number of nitrogens with one attached hydrogen (secondary N) is 1. The molecule has 1 aliphatic heterocycles. The molecule has 1 fully saturated rings. The molecule has 4 heteroatoms. The molecule has 0 aromatic heterocycles. The Hall–Kier alpha value is -1.55. The van der Waals surface area contributed by atoms with Gasteiger partial charge < -0.3 is 15.3 Å². The average Bonchev–Trinajstić information content (AvgIpc) is 2.48. The molecule has 1 aliphatic rings. The number of benzene rings is 1. The summed E-state index contributed by atoms with van der Waals surface area (Å²) in [6, 6.07) is 7.14. The van der Waals surface area contributed by atoms with Crippen LogP contribution in [-0.2, 0) is 4.79 Å². The molecule has 1 saturated heterocycles. The molecule has 4 nitrogen and oxygen atoms in total. The van der Waals surface area contributed by atoms with Crippen molar-refractivity contribution in [1.29, 1.82) is 0 Å². The van der Waals surface area contributed by atoms with Crippen LogP contribution in [-0.4, -0.2) is 35.5 Å². The van der Waals surface area contributed by atoms with Gasteiger partial charge in [0.2, 0.25) is 5.91 Å². The van der Waals surface area contributed by atoms with Crippen LogP contribution in [0.15, 0.2) is 24.3 Å². The van der Waals surface area contributed by atoms with E-state index in [0.29, 0.717) is 6.54 Å². The first-order chi connectivity index (χ1) is 9.98. The van der Waals surface area contributed by atoms with Gasteiger partial charge in [0.1, 0.15) is 5.75 Å². The molecular weight excluding hydrogens is 264 g/mol. The molecule has 0 bridgehead atoms. The fourth-order valence-corrected chi connectivity index (χ4v) is 3.14. The van der Waals surface area contributed by atoms with Gasteiger partial charge in [-0.1, -0.05) is 12.1 Å². The van der Waals surface area contributed by atoms with Gasteiger partial charge in [-0.3, -0.25) is 4.79 Å². The lowest BCUT2D eigenvalue weighted by atomic mass is 9.81. The summed E-state index contributed by atoms with van der Waals surface area (Å²) in [5, 5.41) is 13.0. The molecule has 1 amide bonds. The summed E-state index contributed by atoms with van der Waals surface area (Å²) in [6.45, 7) is 8.50. The van der Waals surface area contributed by atoms with E-state index in [1.807, 2.05) is 30.9 Å². The third kappa shape index (κ3) is 3.38. The van der Waals surface area contributed by atoms with E-state index in [9.17, 15) is 9.90 Å². The molecule has 1 heterocycles. The molecular formula is C17H26N2O2. The SMILES string of the molecule is CCN(C(=O)C1(C)CCCNC1)C(C)c1cccc(O)c1. The molecule has 0 radical (unpaired) electrons. The fraction of sp³-hybridized carbons (Fsp3) is 0.588. The first kappa shape index (κ1) is 15.8. The smallest absolute Gasteiger partial charge is 0.230 e. The molecule has 0 saturated carbocycles. The van der Waals surface area contributed by atoms with Gasteiger partial charge >= 0.3 is 0 Å². The van der Waals surface area contributed by atoms with Crippen LogP contribution in [0, 0.1) is 5.41 Å². The molecule has 2 N–H and O–H groups in total. The predicted molar refractivity (Wildman–Crippen MR) is 84.1 cm³/mol. The number of rotatable bonds is 4. The summed E-state index contributed by atoms with van der Waals surface area (Å²) >= 11 is 0. The van der Waals surface area contributed by atoms with Gasteiger partial charge in [-0.25, -0.2) is 0 Å². The predicted octanol–water partition coefficient (Wildman–Crippen LogP) is 2.69. The summed E-state index contributed by atoms with van der Waals surface area (Å²) in [4.78, 5) is 14.9. The topological polar surface area (TPSA) is 52.6 Å². The van der Waals surface area contributed by atoms with E-state index < -0.39 is 0 Å². The molecule has 116 valence electrons. The lowest BCUT2D eigenvalue weighted by molar-refractivity contribution is -0.144. The summed E-state index contributed by atoms with van der Waals surface area (Å²) < 4.78 is 0. The molecule has 2 atom stereocenters. The Bertz CT molecular complexity index is 495. The van der Waals surface area contributed by atoms with Gasteiger partial charge in [0, 0.05) is 13.1 Å². The molecule has 21 heavy (non-hydrogen) atoms. The zero-order chi connectivity index (χ0) is 15.5. The number of carbonyl (C=O) groups is 1. The normalized spacial score (nSPS) is 23.6. The summed E-state index contributed by atoms with van der Waals surface area (Å²) in [5.41, 5.74) is 0.650. The van der Waals surface area contributed by atoms with Crippen molar-refractivity contribution in [2.45, 2.75) is 39.7 Å². The maximum Gasteiger partial charge on any atom is 0.230 e. The quantitative estimate of drug-likeness (QED) is 0.896. The molecule has 2 unspecified atom stereocenters. The van der Waals surface area contributed by atoms with Gasteiger partial charge in [0.25, 0.3) is 0 Å². The minimum absolute atomic E-state index is 0.0339. The summed E-state index contributed by atoms with van der Waals surface area (Å²) in [6.07, 6.45) is 1.97. The van der Waals surface area contributed by atoms with Gasteiger partial charge in [-0.05, 0) is 57.9 Å². The molecule has 1 aromatic carbocycles. The van der Waals surface area contributed by atoms with Crippen LogP contribution in [0.1, 0.15) is 45.2 Å². The second-order valence-electron chi connectivity index (χ2n) is 6.20. The highest BCUT2D eigenvalue weighted by atomic mass is 16.3. The third-order valence-electron chi connectivity index (χ3n) is 4.54. The number of carbonyl (C=O) groups excluding carboxylic acids is 1. The van der Waals surface area contributed by atoms with E-state index in [2.05, 4.69) is 12.2 Å². The van der Waals surface area contributed by atoms with Crippen molar-refractivity contribution in [3.8, 4) is 5.75 Å². The lowest BCUT2D eigenvalue weighted by Gasteiger charge is -2.39. The number of hydrogen-bond donors (Lipinski definition) is 2. The number of piperidine rings is 1. The second-order valence-corrected chi connectivity index (χ2v) is 6.20. The van der Waals surface area contributed by atoms with Crippen LogP contribution >= 0.6 is 0 Å². The molecule has 1 aromatic rings. The van der Waals surface area contributed by atoms with Crippen molar-refractivity contribution in [3.05, 3.63) is 29.8 Å². The van der Waals surface area contributed by atoms with Gasteiger partial charge in [0.05, 0.1) is 11.5 Å². The Balaban J connectivity index is 2.20. The number of phenols is 1. The van der Waals surface area contributed by atoms with Crippen molar-refractivity contribution in [2.75, 3.05) is 19.6 Å². The van der Waals surface area contributed by atoms with E-state index >= 15 is 0 Å². The van der Waals surface area contributed by atoms with E-state index in [4.69, 9.17) is 0 Å². The van der Waals surface area contributed by atoms with Crippen LogP contribution in [0.2, 0.25) is 0 Å². The minimum atomic E-state index is -0.320. The van der Waals surface area contributed by atoms with Crippen molar-refractivity contribution in [3.63, 3.8) is 0 Å².